The fourth-order valence-electron chi connectivity index (χ4n) is 3.17. The lowest BCUT2D eigenvalue weighted by atomic mass is 10.1. The number of hydrogen-bond donors (Lipinski definition) is 2. The van der Waals surface area contributed by atoms with Crippen molar-refractivity contribution in [3.63, 3.8) is 0 Å². The minimum absolute atomic E-state index is 0.0769. The highest BCUT2D eigenvalue weighted by Crippen LogP contribution is 2.53. The number of hydrogen-bond acceptors (Lipinski definition) is 6. The van der Waals surface area contributed by atoms with Crippen LogP contribution in [0.3, 0.4) is 0 Å². The van der Waals surface area contributed by atoms with Gasteiger partial charge in [-0.3, -0.25) is 9.59 Å². The number of aliphatic carboxylic acids is 1. The van der Waals surface area contributed by atoms with Crippen LogP contribution in [-0.2, 0) is 18.4 Å². The van der Waals surface area contributed by atoms with E-state index in [9.17, 15) is 19.8 Å². The number of halogens is 1. The fraction of sp³-hybridized carbons (Fsp3) is 0.417. The van der Waals surface area contributed by atoms with E-state index in [2.05, 4.69) is 32.8 Å². The van der Waals surface area contributed by atoms with Gasteiger partial charge in [0.1, 0.15) is 0 Å². The Morgan fingerprint density at radius 3 is 2.38 bits per heavy atom. The van der Waals surface area contributed by atoms with Crippen molar-refractivity contribution >= 4 is 51.4 Å². The first-order valence-electron chi connectivity index (χ1n) is 10.4. The van der Waals surface area contributed by atoms with Crippen molar-refractivity contribution in [3.05, 3.63) is 65.7 Å². The number of methoxy groups -OCH3 is 1. The molecular formula is C24H29BrO5S2. The van der Waals surface area contributed by atoms with E-state index < -0.39 is 16.2 Å². The van der Waals surface area contributed by atoms with Crippen molar-refractivity contribution in [1.82, 2.24) is 0 Å². The first kappa shape index (κ1) is 26.8. The Kier molecular flexibility index (Phi) is 11.7. The SMILES string of the molecule is COC(=O)CCC(O)c1ccc(SC(CCC(=O)O)(SCCCBr)c2ccccc2)cc1. The van der Waals surface area contributed by atoms with E-state index in [1.165, 1.54) is 7.11 Å². The molecule has 0 saturated carbocycles. The molecule has 0 bridgehead atoms. The van der Waals surface area contributed by atoms with Crippen LogP contribution in [-0.4, -0.2) is 40.3 Å². The van der Waals surface area contributed by atoms with Gasteiger partial charge in [0.25, 0.3) is 0 Å². The van der Waals surface area contributed by atoms with E-state index in [0.717, 1.165) is 33.5 Å². The molecule has 0 amide bonds. The van der Waals surface area contributed by atoms with Gasteiger partial charge in [-0.1, -0.05) is 58.4 Å². The molecule has 2 N–H and O–H groups in total. The molecule has 0 aliphatic rings. The number of aliphatic hydroxyl groups is 1. The lowest BCUT2D eigenvalue weighted by Crippen LogP contribution is -2.20. The van der Waals surface area contributed by atoms with Crippen molar-refractivity contribution in [3.8, 4) is 0 Å². The Morgan fingerprint density at radius 2 is 1.78 bits per heavy atom. The molecular weight excluding hydrogens is 512 g/mol. The van der Waals surface area contributed by atoms with Crippen LogP contribution in [0.4, 0.5) is 0 Å². The summed E-state index contributed by atoms with van der Waals surface area (Å²) in [5, 5.41) is 20.6. The molecule has 0 aromatic heterocycles. The summed E-state index contributed by atoms with van der Waals surface area (Å²) in [7, 11) is 1.33. The van der Waals surface area contributed by atoms with Crippen molar-refractivity contribution in [2.45, 2.75) is 47.2 Å². The number of benzene rings is 2. The highest BCUT2D eigenvalue weighted by molar-refractivity contribution is 9.09. The third-order valence-corrected chi connectivity index (χ3v) is 8.73. The molecule has 0 fully saturated rings. The number of esters is 1. The lowest BCUT2D eigenvalue weighted by molar-refractivity contribution is -0.141. The molecule has 32 heavy (non-hydrogen) atoms. The Morgan fingerprint density at radius 1 is 1.09 bits per heavy atom. The van der Waals surface area contributed by atoms with Crippen LogP contribution in [0.15, 0.2) is 59.5 Å². The van der Waals surface area contributed by atoms with Crippen LogP contribution in [0.2, 0.25) is 0 Å². The number of thioether (sulfide) groups is 2. The van der Waals surface area contributed by atoms with E-state index in [1.54, 1.807) is 23.5 Å². The largest absolute Gasteiger partial charge is 0.481 e. The quantitative estimate of drug-likeness (QED) is 0.0998. The monoisotopic (exact) mass is 540 g/mol. The van der Waals surface area contributed by atoms with E-state index in [4.69, 9.17) is 0 Å². The van der Waals surface area contributed by atoms with E-state index in [0.29, 0.717) is 12.8 Å². The van der Waals surface area contributed by atoms with Gasteiger partial charge in [-0.05, 0) is 48.3 Å². The van der Waals surface area contributed by atoms with Crippen LogP contribution in [0.1, 0.15) is 49.3 Å². The van der Waals surface area contributed by atoms with E-state index in [1.807, 2.05) is 42.5 Å². The van der Waals surface area contributed by atoms with Gasteiger partial charge >= 0.3 is 11.9 Å². The minimum atomic E-state index is -0.809. The van der Waals surface area contributed by atoms with Gasteiger partial charge < -0.3 is 14.9 Å². The van der Waals surface area contributed by atoms with Gasteiger partial charge in [-0.15, -0.1) is 23.5 Å². The van der Waals surface area contributed by atoms with Crippen molar-refractivity contribution in [2.75, 3.05) is 18.2 Å². The van der Waals surface area contributed by atoms with Gasteiger partial charge in [-0.25, -0.2) is 0 Å². The summed E-state index contributed by atoms with van der Waals surface area (Å²) >= 11 is 6.91. The summed E-state index contributed by atoms with van der Waals surface area (Å²) in [4.78, 5) is 23.7. The molecule has 0 aliphatic heterocycles. The number of rotatable bonds is 14. The van der Waals surface area contributed by atoms with Gasteiger partial charge in [0.2, 0.25) is 0 Å². The zero-order chi connectivity index (χ0) is 23.4. The Labute approximate surface area is 206 Å². The van der Waals surface area contributed by atoms with Gasteiger partial charge in [0.05, 0.1) is 17.3 Å². The summed E-state index contributed by atoms with van der Waals surface area (Å²) in [6.45, 7) is 0. The molecule has 2 unspecified atom stereocenters. The molecule has 0 saturated heterocycles. The van der Waals surface area contributed by atoms with Crippen molar-refractivity contribution in [2.24, 2.45) is 0 Å². The number of alkyl halides is 1. The van der Waals surface area contributed by atoms with Crippen molar-refractivity contribution in [1.29, 1.82) is 0 Å². The highest BCUT2D eigenvalue weighted by Gasteiger charge is 2.34. The second-order valence-electron chi connectivity index (χ2n) is 7.21. The first-order chi connectivity index (χ1) is 15.4. The van der Waals surface area contributed by atoms with Gasteiger partial charge in [0, 0.05) is 23.1 Å². The smallest absolute Gasteiger partial charge is 0.305 e. The number of carbonyl (C=O) groups is 2. The van der Waals surface area contributed by atoms with E-state index >= 15 is 0 Å². The Hall–Kier alpha value is -1.48. The molecule has 174 valence electrons. The highest BCUT2D eigenvalue weighted by atomic mass is 79.9. The van der Waals surface area contributed by atoms with Crippen LogP contribution < -0.4 is 0 Å². The van der Waals surface area contributed by atoms with Crippen LogP contribution in [0, 0.1) is 0 Å². The average Bonchev–Trinajstić information content (AvgIpc) is 2.81. The Bertz CT molecular complexity index is 847. The fourth-order valence-corrected chi connectivity index (χ4v) is 6.87. The third kappa shape index (κ3) is 8.46. The Balaban J connectivity index is 2.25. The van der Waals surface area contributed by atoms with Crippen LogP contribution >= 0.6 is 39.5 Å². The zero-order valence-corrected chi connectivity index (χ0v) is 21.3. The zero-order valence-electron chi connectivity index (χ0n) is 18.0. The predicted octanol–water partition coefficient (Wildman–Crippen LogP) is 6.00. The van der Waals surface area contributed by atoms with Gasteiger partial charge in [0.15, 0.2) is 0 Å². The molecule has 0 aliphatic carbocycles. The molecule has 2 rings (SSSR count). The maximum atomic E-state index is 11.4. The summed E-state index contributed by atoms with van der Waals surface area (Å²) in [5.74, 6) is -0.254. The second kappa shape index (κ2) is 13.9. The second-order valence-corrected chi connectivity index (χ2v) is 11.0. The topological polar surface area (TPSA) is 83.8 Å². The lowest BCUT2D eigenvalue weighted by Gasteiger charge is -2.33. The molecule has 5 nitrogen and oxygen atoms in total. The molecule has 2 aromatic rings. The average molecular weight is 542 g/mol. The summed E-state index contributed by atoms with van der Waals surface area (Å²) in [6.07, 6.45) is 1.27. The normalized spacial score (nSPS) is 13.8. The number of ether oxygens (including phenoxy) is 1. The number of carboxylic acids is 1. The van der Waals surface area contributed by atoms with Gasteiger partial charge in [-0.2, -0.15) is 0 Å². The number of carbonyl (C=O) groups excluding carboxylic acids is 1. The molecule has 0 spiro atoms. The molecule has 0 heterocycles. The standard InChI is InChI=1S/C24H29BrO5S2/c1-30-23(29)13-12-21(26)18-8-10-20(11-9-18)32-24(15-14-22(27)28,31-17-5-16-25)19-6-3-2-4-7-19/h2-4,6-11,21,26H,5,12-17H2,1H3,(H,27,28). The molecule has 8 heteroatoms. The number of aliphatic hydroxyl groups excluding tert-OH is 1. The maximum Gasteiger partial charge on any atom is 0.305 e. The predicted molar refractivity (Wildman–Crippen MR) is 134 cm³/mol. The summed E-state index contributed by atoms with van der Waals surface area (Å²) in [6, 6.07) is 17.7. The molecule has 2 aromatic carbocycles. The number of carboxylic acid groups (broad SMARTS) is 1. The minimum Gasteiger partial charge on any atom is -0.481 e. The third-order valence-electron chi connectivity index (χ3n) is 4.89. The first-order valence-corrected chi connectivity index (χ1v) is 13.3. The summed E-state index contributed by atoms with van der Waals surface area (Å²) < 4.78 is 4.19. The maximum absolute atomic E-state index is 11.4. The van der Waals surface area contributed by atoms with Crippen LogP contribution in [0.5, 0.6) is 0 Å². The van der Waals surface area contributed by atoms with Crippen molar-refractivity contribution < 1.29 is 24.5 Å². The van der Waals surface area contributed by atoms with Crippen LogP contribution in [0.25, 0.3) is 0 Å². The summed E-state index contributed by atoms with van der Waals surface area (Å²) in [5.41, 5.74) is 1.83. The molecule has 2 atom stereocenters. The van der Waals surface area contributed by atoms with E-state index in [-0.39, 0.29) is 18.8 Å². The molecule has 0 radical (unpaired) electrons.